The number of rotatable bonds is 7. The van der Waals surface area contributed by atoms with E-state index in [0.717, 1.165) is 39.3 Å². The summed E-state index contributed by atoms with van der Waals surface area (Å²) in [6.45, 7) is 5.85. The Kier molecular flexibility index (Phi) is 7.78. The molecular formula is C26H23Cl2N3O4S. The van der Waals surface area contributed by atoms with Crippen LogP contribution >= 0.6 is 35.0 Å². The molecule has 36 heavy (non-hydrogen) atoms. The van der Waals surface area contributed by atoms with E-state index in [0.29, 0.717) is 28.1 Å². The fraction of sp³-hybridized carbons (Fsp3) is 0.192. The van der Waals surface area contributed by atoms with Crippen molar-refractivity contribution in [2.24, 2.45) is 0 Å². The van der Waals surface area contributed by atoms with Crippen LogP contribution in [0.1, 0.15) is 23.9 Å². The van der Waals surface area contributed by atoms with Gasteiger partial charge in [0.05, 0.1) is 22.2 Å². The number of amides is 3. The first-order valence-electron chi connectivity index (χ1n) is 11.1. The van der Waals surface area contributed by atoms with Crippen molar-refractivity contribution in [3.05, 3.63) is 80.4 Å². The van der Waals surface area contributed by atoms with Crippen LogP contribution in [0.2, 0.25) is 10.0 Å². The molecule has 10 heteroatoms. The molecule has 3 amide bonds. The average Bonchev–Trinajstić information content (AvgIpc) is 3.26. The number of hydrogen-bond donors (Lipinski definition) is 1. The summed E-state index contributed by atoms with van der Waals surface area (Å²) in [6, 6.07) is 14.0. The number of benzene rings is 2. The molecule has 1 fully saturated rings. The summed E-state index contributed by atoms with van der Waals surface area (Å²) in [6.07, 6.45) is 1.66. The third-order valence-electron chi connectivity index (χ3n) is 5.53. The predicted octanol–water partition coefficient (Wildman–Crippen LogP) is 6.47. The molecule has 0 saturated carbocycles. The zero-order valence-corrected chi connectivity index (χ0v) is 22.1. The van der Waals surface area contributed by atoms with Crippen molar-refractivity contribution in [2.75, 3.05) is 18.5 Å². The molecule has 186 valence electrons. The highest BCUT2D eigenvalue weighted by atomic mass is 35.5. The summed E-state index contributed by atoms with van der Waals surface area (Å²) in [5, 5.41) is 3.28. The summed E-state index contributed by atoms with van der Waals surface area (Å²) in [7, 11) is 0. The summed E-state index contributed by atoms with van der Waals surface area (Å²) >= 11 is 13.4. The molecule has 0 radical (unpaired) electrons. The molecule has 2 aromatic carbocycles. The van der Waals surface area contributed by atoms with Gasteiger partial charge in [-0.05, 0) is 92.7 Å². The Labute approximate surface area is 223 Å². The van der Waals surface area contributed by atoms with E-state index < -0.39 is 17.1 Å². The normalized spacial score (nSPS) is 14.6. The number of imide groups is 1. The van der Waals surface area contributed by atoms with Gasteiger partial charge in [0.1, 0.15) is 12.3 Å². The molecule has 2 heterocycles. The summed E-state index contributed by atoms with van der Waals surface area (Å²) < 4.78 is 7.32. The van der Waals surface area contributed by atoms with Crippen molar-refractivity contribution in [1.82, 2.24) is 9.47 Å². The number of carbonyl (C=O) groups excluding carboxylic acids is 3. The van der Waals surface area contributed by atoms with Gasteiger partial charge in [0, 0.05) is 22.1 Å². The van der Waals surface area contributed by atoms with E-state index in [1.807, 2.05) is 31.4 Å². The fourth-order valence-electron chi connectivity index (χ4n) is 3.88. The van der Waals surface area contributed by atoms with Gasteiger partial charge in [-0.3, -0.25) is 19.3 Å². The number of ether oxygens (including phenoxy) is 1. The molecule has 1 aliphatic rings. The number of nitrogens with one attached hydrogen (secondary N) is 1. The second kappa shape index (κ2) is 10.8. The number of halogens is 2. The standard InChI is InChI=1S/C26H23Cl2N3O4S/c1-4-35-20-8-6-19(7-9-20)29-24(32)14-30-25(33)23(36-26(30)34)12-17-11-15(2)31(16(17)3)22-13-18(27)5-10-21(22)28/h5-13H,4,14H2,1-3H3,(H,29,32)/b23-12+. The lowest BCUT2D eigenvalue weighted by Gasteiger charge is -2.13. The van der Waals surface area contributed by atoms with Crippen LogP contribution in [0.15, 0.2) is 53.4 Å². The van der Waals surface area contributed by atoms with Gasteiger partial charge in [0.2, 0.25) is 5.91 Å². The largest absolute Gasteiger partial charge is 0.494 e. The van der Waals surface area contributed by atoms with Crippen LogP contribution in [0.3, 0.4) is 0 Å². The van der Waals surface area contributed by atoms with Gasteiger partial charge in [-0.15, -0.1) is 0 Å². The molecule has 1 saturated heterocycles. The molecular weight excluding hydrogens is 521 g/mol. The van der Waals surface area contributed by atoms with E-state index in [9.17, 15) is 14.4 Å². The van der Waals surface area contributed by atoms with Crippen molar-refractivity contribution in [3.8, 4) is 11.4 Å². The number of aryl methyl sites for hydroxylation is 1. The predicted molar refractivity (Wildman–Crippen MR) is 144 cm³/mol. The Morgan fingerprint density at radius 2 is 1.81 bits per heavy atom. The van der Waals surface area contributed by atoms with Crippen molar-refractivity contribution in [2.45, 2.75) is 20.8 Å². The first-order valence-corrected chi connectivity index (χ1v) is 12.7. The Balaban J connectivity index is 1.50. The Bertz CT molecular complexity index is 1380. The molecule has 3 aromatic rings. The number of aromatic nitrogens is 1. The first-order chi connectivity index (χ1) is 17.2. The van der Waals surface area contributed by atoms with E-state index >= 15 is 0 Å². The lowest BCUT2D eigenvalue weighted by atomic mass is 10.2. The maximum atomic E-state index is 13.0. The third kappa shape index (κ3) is 5.46. The second-order valence-electron chi connectivity index (χ2n) is 8.03. The van der Waals surface area contributed by atoms with Gasteiger partial charge >= 0.3 is 0 Å². The monoisotopic (exact) mass is 543 g/mol. The molecule has 0 spiro atoms. The molecule has 0 bridgehead atoms. The summed E-state index contributed by atoms with van der Waals surface area (Å²) in [4.78, 5) is 39.2. The van der Waals surface area contributed by atoms with E-state index in [-0.39, 0.29) is 11.4 Å². The minimum atomic E-state index is -0.516. The van der Waals surface area contributed by atoms with E-state index in [1.165, 1.54) is 0 Å². The van der Waals surface area contributed by atoms with E-state index in [1.54, 1.807) is 48.5 Å². The molecule has 1 aliphatic heterocycles. The first kappa shape index (κ1) is 25.9. The van der Waals surface area contributed by atoms with Gasteiger partial charge in [0.25, 0.3) is 11.1 Å². The lowest BCUT2D eigenvalue weighted by molar-refractivity contribution is -0.127. The van der Waals surface area contributed by atoms with Crippen molar-refractivity contribution >= 4 is 63.8 Å². The van der Waals surface area contributed by atoms with E-state index in [4.69, 9.17) is 27.9 Å². The molecule has 0 unspecified atom stereocenters. The van der Waals surface area contributed by atoms with Crippen LogP contribution in [-0.2, 0) is 9.59 Å². The third-order valence-corrected chi connectivity index (χ3v) is 6.99. The highest BCUT2D eigenvalue weighted by Gasteiger charge is 2.36. The molecule has 4 rings (SSSR count). The van der Waals surface area contributed by atoms with Crippen LogP contribution < -0.4 is 10.1 Å². The van der Waals surface area contributed by atoms with Crippen LogP contribution in [-0.4, -0.2) is 39.7 Å². The molecule has 0 aliphatic carbocycles. The minimum Gasteiger partial charge on any atom is -0.494 e. The highest BCUT2D eigenvalue weighted by Crippen LogP contribution is 2.35. The van der Waals surface area contributed by atoms with Gasteiger partial charge in [-0.25, -0.2) is 0 Å². The maximum Gasteiger partial charge on any atom is 0.294 e. The van der Waals surface area contributed by atoms with Gasteiger partial charge in [-0.2, -0.15) is 0 Å². The van der Waals surface area contributed by atoms with Crippen LogP contribution in [0.4, 0.5) is 10.5 Å². The maximum absolute atomic E-state index is 13.0. The van der Waals surface area contributed by atoms with Gasteiger partial charge < -0.3 is 14.6 Å². The van der Waals surface area contributed by atoms with Crippen LogP contribution in [0, 0.1) is 13.8 Å². The van der Waals surface area contributed by atoms with Gasteiger partial charge in [-0.1, -0.05) is 23.2 Å². The Morgan fingerprint density at radius 3 is 2.50 bits per heavy atom. The smallest absolute Gasteiger partial charge is 0.294 e. The SMILES string of the molecule is CCOc1ccc(NC(=O)CN2C(=O)S/C(=C/c3cc(C)n(-c4cc(Cl)ccc4Cl)c3C)C2=O)cc1. The molecule has 1 N–H and O–H groups in total. The Hall–Kier alpha value is -3.20. The number of thioether (sulfide) groups is 1. The van der Waals surface area contributed by atoms with Crippen molar-refractivity contribution in [1.29, 1.82) is 0 Å². The highest BCUT2D eigenvalue weighted by molar-refractivity contribution is 8.18. The zero-order valence-electron chi connectivity index (χ0n) is 19.8. The average molecular weight is 544 g/mol. The number of hydrogen-bond acceptors (Lipinski definition) is 5. The van der Waals surface area contributed by atoms with E-state index in [2.05, 4.69) is 5.32 Å². The fourth-order valence-corrected chi connectivity index (χ4v) is 5.08. The quantitative estimate of drug-likeness (QED) is 0.345. The lowest BCUT2D eigenvalue weighted by Crippen LogP contribution is -2.36. The molecule has 7 nitrogen and oxygen atoms in total. The summed E-state index contributed by atoms with van der Waals surface area (Å²) in [5.41, 5.74) is 3.73. The summed E-state index contributed by atoms with van der Waals surface area (Å²) in [5.74, 6) is -0.308. The van der Waals surface area contributed by atoms with Gasteiger partial charge in [0.15, 0.2) is 0 Å². The number of nitrogens with zero attached hydrogens (tertiary/aromatic N) is 2. The van der Waals surface area contributed by atoms with Crippen LogP contribution in [0.25, 0.3) is 11.8 Å². The van der Waals surface area contributed by atoms with Crippen molar-refractivity contribution < 1.29 is 19.1 Å². The zero-order chi connectivity index (χ0) is 26.0. The Morgan fingerprint density at radius 1 is 1.08 bits per heavy atom. The number of carbonyl (C=O) groups is 3. The topological polar surface area (TPSA) is 80.6 Å². The molecule has 0 atom stereocenters. The molecule has 1 aromatic heterocycles. The van der Waals surface area contributed by atoms with Crippen molar-refractivity contribution in [3.63, 3.8) is 0 Å². The number of anilines is 1. The van der Waals surface area contributed by atoms with Crippen LogP contribution in [0.5, 0.6) is 5.75 Å². The second-order valence-corrected chi connectivity index (χ2v) is 9.87. The minimum absolute atomic E-state index is 0.242.